The van der Waals surface area contributed by atoms with Crippen LogP contribution in [0.1, 0.15) is 15.9 Å². The normalized spacial score (nSPS) is 10.5. The first-order valence-electron chi connectivity index (χ1n) is 7.44. The monoisotopic (exact) mass is 464 g/mol. The molecule has 0 radical (unpaired) electrons. The van der Waals surface area contributed by atoms with Crippen LogP contribution < -0.4 is 5.32 Å². The third-order valence-electron chi connectivity index (χ3n) is 3.78. The Hall–Kier alpha value is -2.95. The molecule has 0 amide bonds. The SMILES string of the molecule is Cc1cc(I)ccc1Nc1cc([N+](=O)[O-])c(-n2ccnc2)cc1C(=O)O. The first-order chi connectivity index (χ1) is 12.4. The van der Waals surface area contributed by atoms with Crippen LogP contribution in [0, 0.1) is 20.6 Å². The minimum Gasteiger partial charge on any atom is -0.478 e. The van der Waals surface area contributed by atoms with Crippen LogP contribution >= 0.6 is 22.6 Å². The minimum atomic E-state index is -1.19. The molecule has 0 bridgehead atoms. The lowest BCUT2D eigenvalue weighted by Crippen LogP contribution is -2.08. The number of nitro groups is 1. The number of carbonyl (C=O) groups is 1. The van der Waals surface area contributed by atoms with E-state index in [-0.39, 0.29) is 22.6 Å². The van der Waals surface area contributed by atoms with E-state index in [0.29, 0.717) is 5.69 Å². The Morgan fingerprint density at radius 1 is 1.31 bits per heavy atom. The number of nitro benzene ring substituents is 1. The highest BCUT2D eigenvalue weighted by atomic mass is 127. The van der Waals surface area contributed by atoms with E-state index in [1.807, 2.05) is 19.1 Å². The van der Waals surface area contributed by atoms with E-state index in [9.17, 15) is 20.0 Å². The van der Waals surface area contributed by atoms with Gasteiger partial charge in [-0.2, -0.15) is 0 Å². The smallest absolute Gasteiger partial charge is 0.337 e. The van der Waals surface area contributed by atoms with Gasteiger partial charge in [-0.25, -0.2) is 9.78 Å². The zero-order valence-electron chi connectivity index (χ0n) is 13.5. The Morgan fingerprint density at radius 2 is 2.08 bits per heavy atom. The molecule has 0 aliphatic heterocycles. The minimum absolute atomic E-state index is 0.0720. The van der Waals surface area contributed by atoms with Gasteiger partial charge >= 0.3 is 5.97 Å². The van der Waals surface area contributed by atoms with E-state index in [4.69, 9.17) is 0 Å². The van der Waals surface area contributed by atoms with Gasteiger partial charge in [0.1, 0.15) is 5.69 Å². The van der Waals surface area contributed by atoms with Crippen molar-refractivity contribution < 1.29 is 14.8 Å². The highest BCUT2D eigenvalue weighted by Crippen LogP contribution is 2.33. The van der Waals surface area contributed by atoms with Crippen molar-refractivity contribution in [1.82, 2.24) is 9.55 Å². The second-order valence-corrected chi connectivity index (χ2v) is 6.75. The van der Waals surface area contributed by atoms with Crippen LogP contribution in [0.3, 0.4) is 0 Å². The molecule has 132 valence electrons. The van der Waals surface area contributed by atoms with Gasteiger partial charge in [-0.3, -0.25) is 10.1 Å². The van der Waals surface area contributed by atoms with Gasteiger partial charge in [-0.15, -0.1) is 0 Å². The van der Waals surface area contributed by atoms with Gasteiger partial charge < -0.3 is 15.0 Å². The zero-order chi connectivity index (χ0) is 18.8. The average molecular weight is 464 g/mol. The molecule has 1 heterocycles. The summed E-state index contributed by atoms with van der Waals surface area (Å²) in [6.07, 6.45) is 4.36. The van der Waals surface area contributed by atoms with Gasteiger partial charge in [0.25, 0.3) is 5.69 Å². The van der Waals surface area contributed by atoms with Crippen LogP contribution in [0.5, 0.6) is 0 Å². The molecule has 2 N–H and O–H groups in total. The maximum atomic E-state index is 11.7. The van der Waals surface area contributed by atoms with Crippen molar-refractivity contribution >= 4 is 45.6 Å². The van der Waals surface area contributed by atoms with Gasteiger partial charge in [-0.05, 0) is 59.3 Å². The number of halogens is 1. The van der Waals surface area contributed by atoms with Gasteiger partial charge in [0.2, 0.25) is 0 Å². The summed E-state index contributed by atoms with van der Waals surface area (Å²) in [5, 5.41) is 24.1. The maximum absolute atomic E-state index is 11.7. The van der Waals surface area contributed by atoms with Gasteiger partial charge in [0, 0.05) is 27.7 Å². The molecule has 0 aliphatic carbocycles. The molecule has 0 atom stereocenters. The molecule has 0 aliphatic rings. The third-order valence-corrected chi connectivity index (χ3v) is 4.45. The summed E-state index contributed by atoms with van der Waals surface area (Å²) in [6, 6.07) is 8.10. The Kier molecular flexibility index (Phi) is 4.89. The molecule has 1 aromatic heterocycles. The van der Waals surface area contributed by atoms with E-state index >= 15 is 0 Å². The number of carboxylic acid groups (broad SMARTS) is 1. The van der Waals surface area contributed by atoms with Crippen molar-refractivity contribution in [2.24, 2.45) is 0 Å². The summed E-state index contributed by atoms with van der Waals surface area (Å²) in [7, 11) is 0. The number of anilines is 2. The number of benzene rings is 2. The van der Waals surface area contributed by atoms with E-state index in [1.54, 1.807) is 6.07 Å². The van der Waals surface area contributed by atoms with E-state index in [0.717, 1.165) is 9.13 Å². The maximum Gasteiger partial charge on any atom is 0.337 e. The zero-order valence-corrected chi connectivity index (χ0v) is 15.7. The van der Waals surface area contributed by atoms with Crippen molar-refractivity contribution in [3.8, 4) is 5.69 Å². The number of rotatable bonds is 5. The fourth-order valence-electron chi connectivity index (χ4n) is 2.52. The summed E-state index contributed by atoms with van der Waals surface area (Å²) in [4.78, 5) is 26.5. The van der Waals surface area contributed by atoms with Gasteiger partial charge in [0.15, 0.2) is 0 Å². The number of carboxylic acids is 1. The summed E-state index contributed by atoms with van der Waals surface area (Å²) in [5.41, 5.74) is 1.57. The molecule has 26 heavy (non-hydrogen) atoms. The number of nitrogens with zero attached hydrogens (tertiary/aromatic N) is 3. The number of aromatic nitrogens is 2. The van der Waals surface area contributed by atoms with Crippen LogP contribution in [0.15, 0.2) is 49.1 Å². The van der Waals surface area contributed by atoms with Crippen molar-refractivity contribution in [2.75, 3.05) is 5.32 Å². The number of aryl methyl sites for hydroxylation is 1. The van der Waals surface area contributed by atoms with Gasteiger partial charge in [0.05, 0.1) is 22.5 Å². The lowest BCUT2D eigenvalue weighted by molar-refractivity contribution is -0.384. The Balaban J connectivity index is 2.16. The first kappa shape index (κ1) is 17.9. The van der Waals surface area contributed by atoms with Crippen LogP contribution in [0.4, 0.5) is 17.1 Å². The Labute approximate surface area is 161 Å². The van der Waals surface area contributed by atoms with Crippen molar-refractivity contribution in [1.29, 1.82) is 0 Å². The predicted molar refractivity (Wildman–Crippen MR) is 104 cm³/mol. The molecule has 9 heteroatoms. The molecular weight excluding hydrogens is 451 g/mol. The van der Waals surface area contributed by atoms with Crippen LogP contribution in [0.25, 0.3) is 5.69 Å². The van der Waals surface area contributed by atoms with Crippen molar-refractivity contribution in [3.63, 3.8) is 0 Å². The number of aromatic carboxylic acids is 1. The highest BCUT2D eigenvalue weighted by molar-refractivity contribution is 14.1. The van der Waals surface area contributed by atoms with Crippen LogP contribution in [0.2, 0.25) is 0 Å². The topological polar surface area (TPSA) is 110 Å². The summed E-state index contributed by atoms with van der Waals surface area (Å²) < 4.78 is 2.44. The Morgan fingerprint density at radius 3 is 2.65 bits per heavy atom. The number of hydrogen-bond donors (Lipinski definition) is 2. The quantitative estimate of drug-likeness (QED) is 0.334. The number of imidazole rings is 1. The molecule has 0 spiro atoms. The van der Waals surface area contributed by atoms with E-state index in [1.165, 1.54) is 35.4 Å². The second-order valence-electron chi connectivity index (χ2n) is 5.50. The third kappa shape index (κ3) is 3.52. The summed E-state index contributed by atoms with van der Waals surface area (Å²) in [5.74, 6) is -1.19. The van der Waals surface area contributed by atoms with Crippen LogP contribution in [-0.4, -0.2) is 25.6 Å². The Bertz CT molecular complexity index is 1000. The fraction of sp³-hybridized carbons (Fsp3) is 0.0588. The molecule has 3 aromatic rings. The van der Waals surface area contributed by atoms with Crippen molar-refractivity contribution in [3.05, 3.63) is 73.9 Å². The largest absolute Gasteiger partial charge is 0.478 e. The first-order valence-corrected chi connectivity index (χ1v) is 8.52. The van der Waals surface area contributed by atoms with E-state index in [2.05, 4.69) is 32.9 Å². The number of nitrogens with one attached hydrogen (secondary N) is 1. The molecule has 8 nitrogen and oxygen atoms in total. The molecule has 0 saturated carbocycles. The molecule has 3 rings (SSSR count). The van der Waals surface area contributed by atoms with E-state index < -0.39 is 10.9 Å². The van der Waals surface area contributed by atoms with Crippen LogP contribution in [-0.2, 0) is 0 Å². The van der Waals surface area contributed by atoms with Gasteiger partial charge in [-0.1, -0.05) is 0 Å². The molecule has 2 aromatic carbocycles. The summed E-state index contributed by atoms with van der Waals surface area (Å²) in [6.45, 7) is 1.87. The predicted octanol–water partition coefficient (Wildman–Crippen LogP) is 4.14. The molecular formula is C17H13IN4O4. The number of hydrogen-bond acceptors (Lipinski definition) is 5. The molecule has 0 unspecified atom stereocenters. The lowest BCUT2D eigenvalue weighted by Gasteiger charge is -2.14. The molecule has 0 fully saturated rings. The average Bonchev–Trinajstić information content (AvgIpc) is 3.11. The second kappa shape index (κ2) is 7.12. The molecule has 0 saturated heterocycles. The fourth-order valence-corrected chi connectivity index (χ4v) is 3.17. The highest BCUT2D eigenvalue weighted by Gasteiger charge is 2.23. The summed E-state index contributed by atoms with van der Waals surface area (Å²) >= 11 is 2.17. The lowest BCUT2D eigenvalue weighted by atomic mass is 10.1. The van der Waals surface area contributed by atoms with Crippen molar-refractivity contribution in [2.45, 2.75) is 6.92 Å². The standard InChI is InChI=1S/C17H13IN4O4/c1-10-6-11(18)2-3-13(10)20-14-8-16(22(25)26)15(7-12(14)17(23)24)21-5-4-19-9-21/h2-9,20H,1H3,(H,23,24).